The van der Waals surface area contributed by atoms with E-state index in [1.54, 1.807) is 0 Å². The van der Waals surface area contributed by atoms with Gasteiger partial charge in [-0.05, 0) is 100.0 Å². The summed E-state index contributed by atoms with van der Waals surface area (Å²) in [5.74, 6) is 3.04. The van der Waals surface area contributed by atoms with E-state index in [0.717, 1.165) is 57.9 Å². The highest BCUT2D eigenvalue weighted by Gasteiger charge is 2.62. The van der Waals surface area contributed by atoms with Crippen LogP contribution in [0.15, 0.2) is 5.16 Å². The second-order valence-corrected chi connectivity index (χ2v) is 10.7. The normalized spacial score (nSPS) is 44.1. The fraction of sp³-hybridized carbons (Fsp3) is 0.917. The zero-order chi connectivity index (χ0) is 20.6. The molecule has 4 aliphatic rings. The first kappa shape index (κ1) is 24.0. The number of hydrogen-bond acceptors (Lipinski definition) is 5. The Balaban J connectivity index is 0.00000256. The maximum absolute atomic E-state index is 12.7. The van der Waals surface area contributed by atoms with Gasteiger partial charge in [0, 0.05) is 18.4 Å². The summed E-state index contributed by atoms with van der Waals surface area (Å²) in [4.78, 5) is 18.3. The third-order valence-corrected chi connectivity index (χ3v) is 9.48. The molecule has 0 bridgehead atoms. The fourth-order valence-corrected chi connectivity index (χ4v) is 7.72. The van der Waals surface area contributed by atoms with Crippen LogP contribution in [0.25, 0.3) is 0 Å². The summed E-state index contributed by atoms with van der Waals surface area (Å²) in [6.07, 6.45) is 9.28. The van der Waals surface area contributed by atoms with Crippen molar-refractivity contribution in [3.63, 3.8) is 0 Å². The number of carbonyl (C=O) groups excluding carboxylic acids is 1. The number of nitrogens with zero attached hydrogens (tertiary/aromatic N) is 1. The van der Waals surface area contributed by atoms with Gasteiger partial charge in [-0.3, -0.25) is 4.79 Å². The molecule has 0 aromatic heterocycles. The summed E-state index contributed by atoms with van der Waals surface area (Å²) < 4.78 is 0. The topological polar surface area (TPSA) is 70.9 Å². The number of Topliss-reactive ketones (excluding diaryl/α,β-unsaturated/α-hetero) is 1. The minimum atomic E-state index is -0.125. The van der Waals surface area contributed by atoms with Crippen molar-refractivity contribution in [2.75, 3.05) is 26.8 Å². The lowest BCUT2D eigenvalue weighted by Gasteiger charge is -2.61. The highest BCUT2D eigenvalue weighted by molar-refractivity contribution is 5.87. The van der Waals surface area contributed by atoms with Gasteiger partial charge in [-0.1, -0.05) is 19.0 Å². The summed E-state index contributed by atoms with van der Waals surface area (Å²) in [5.41, 5.74) is 1.40. The van der Waals surface area contributed by atoms with Gasteiger partial charge in [0.25, 0.3) is 0 Å². The fourth-order valence-electron chi connectivity index (χ4n) is 7.72. The van der Waals surface area contributed by atoms with Crippen LogP contribution in [0.4, 0.5) is 0 Å². The van der Waals surface area contributed by atoms with E-state index in [2.05, 4.69) is 24.3 Å². The SMILES string of the molecule is CNCCCON=C1CC[C@@]2(C)C(C1)C[C@H](CO)[C@@H]1[C@@H]2CC[C@]2(C)C(=O)CC[C@@H]12.Cl. The number of aliphatic hydroxyl groups excluding tert-OH is 1. The molecule has 0 aromatic rings. The van der Waals surface area contributed by atoms with Crippen molar-refractivity contribution in [2.45, 2.75) is 71.6 Å². The zero-order valence-electron chi connectivity index (χ0n) is 19.0. The monoisotopic (exact) mass is 440 g/mol. The van der Waals surface area contributed by atoms with Crippen LogP contribution in [0.3, 0.4) is 0 Å². The molecule has 0 saturated heterocycles. The molecule has 4 rings (SSSR count). The number of ketones is 1. The minimum Gasteiger partial charge on any atom is -0.396 e. The van der Waals surface area contributed by atoms with Crippen molar-refractivity contribution in [3.8, 4) is 0 Å². The number of rotatable bonds is 6. The van der Waals surface area contributed by atoms with E-state index in [4.69, 9.17) is 4.84 Å². The van der Waals surface area contributed by atoms with Crippen molar-refractivity contribution in [1.29, 1.82) is 0 Å². The molecule has 0 aliphatic heterocycles. The van der Waals surface area contributed by atoms with Gasteiger partial charge < -0.3 is 15.3 Å². The van der Waals surface area contributed by atoms with Gasteiger partial charge in [-0.2, -0.15) is 0 Å². The summed E-state index contributed by atoms with van der Waals surface area (Å²) in [6, 6.07) is 0. The summed E-state index contributed by atoms with van der Waals surface area (Å²) in [7, 11) is 1.96. The first-order valence-corrected chi connectivity index (χ1v) is 11.9. The van der Waals surface area contributed by atoms with Gasteiger partial charge in [-0.25, -0.2) is 0 Å². The van der Waals surface area contributed by atoms with Crippen LogP contribution in [0, 0.1) is 40.4 Å². The second-order valence-electron chi connectivity index (χ2n) is 10.7. The molecule has 0 aromatic carbocycles. The Morgan fingerprint density at radius 3 is 2.73 bits per heavy atom. The molecule has 4 aliphatic carbocycles. The maximum atomic E-state index is 12.7. The molecule has 1 unspecified atom stereocenters. The highest BCUT2D eigenvalue weighted by Crippen LogP contribution is 2.66. The molecule has 5 nitrogen and oxygen atoms in total. The number of hydrogen-bond donors (Lipinski definition) is 2. The first-order chi connectivity index (χ1) is 13.9. The third kappa shape index (κ3) is 3.95. The van der Waals surface area contributed by atoms with Crippen molar-refractivity contribution >= 4 is 23.9 Å². The van der Waals surface area contributed by atoms with Crippen LogP contribution in [-0.4, -0.2) is 43.4 Å². The highest BCUT2D eigenvalue weighted by atomic mass is 35.5. The molecule has 0 heterocycles. The Labute approximate surface area is 188 Å². The number of aliphatic hydroxyl groups is 1. The molecule has 30 heavy (non-hydrogen) atoms. The van der Waals surface area contributed by atoms with Crippen LogP contribution in [0.5, 0.6) is 0 Å². The van der Waals surface area contributed by atoms with Crippen LogP contribution in [-0.2, 0) is 9.63 Å². The van der Waals surface area contributed by atoms with Crippen molar-refractivity contribution in [2.24, 2.45) is 45.6 Å². The zero-order valence-corrected chi connectivity index (χ0v) is 19.8. The molecule has 2 N–H and O–H groups in total. The number of oxime groups is 1. The Hall–Kier alpha value is -0.650. The molecular formula is C24H41ClN2O3. The van der Waals surface area contributed by atoms with Gasteiger partial charge >= 0.3 is 0 Å². The smallest absolute Gasteiger partial charge is 0.139 e. The van der Waals surface area contributed by atoms with E-state index in [9.17, 15) is 9.90 Å². The van der Waals surface area contributed by atoms with E-state index in [-0.39, 0.29) is 24.4 Å². The first-order valence-electron chi connectivity index (χ1n) is 11.9. The molecule has 4 saturated carbocycles. The van der Waals surface area contributed by atoms with Crippen LogP contribution in [0.2, 0.25) is 0 Å². The van der Waals surface area contributed by atoms with E-state index in [1.165, 1.54) is 12.1 Å². The number of halogens is 1. The quantitative estimate of drug-likeness (QED) is 0.479. The van der Waals surface area contributed by atoms with Crippen molar-refractivity contribution < 1.29 is 14.7 Å². The summed E-state index contributed by atoms with van der Waals surface area (Å²) >= 11 is 0. The lowest BCUT2D eigenvalue weighted by molar-refractivity contribution is -0.148. The predicted octanol–water partition coefficient (Wildman–Crippen LogP) is 4.22. The van der Waals surface area contributed by atoms with Crippen molar-refractivity contribution in [3.05, 3.63) is 0 Å². The Kier molecular flexibility index (Phi) is 7.57. The average molecular weight is 441 g/mol. The molecule has 172 valence electrons. The van der Waals surface area contributed by atoms with Gasteiger partial charge in [0.05, 0.1) is 5.71 Å². The maximum Gasteiger partial charge on any atom is 0.139 e. The van der Waals surface area contributed by atoms with Gasteiger partial charge in [0.15, 0.2) is 0 Å². The lowest BCUT2D eigenvalue weighted by atomic mass is 9.43. The van der Waals surface area contributed by atoms with Gasteiger partial charge in [-0.15, -0.1) is 12.4 Å². The number of nitrogens with one attached hydrogen (secondary N) is 1. The Bertz CT molecular complexity index is 656. The molecular weight excluding hydrogens is 400 g/mol. The largest absolute Gasteiger partial charge is 0.396 e. The minimum absolute atomic E-state index is 0. The summed E-state index contributed by atoms with van der Waals surface area (Å²) in [6.45, 7) is 6.62. The molecule has 0 radical (unpaired) electrons. The van der Waals surface area contributed by atoms with Crippen molar-refractivity contribution in [1.82, 2.24) is 5.32 Å². The Morgan fingerprint density at radius 1 is 1.20 bits per heavy atom. The van der Waals surface area contributed by atoms with E-state index < -0.39 is 0 Å². The molecule has 7 atom stereocenters. The standard InChI is InChI=1S/C24H40N2O3.ClH/c1-23-9-7-18(26-29-12-4-11-25-3)14-17(23)13-16(15-27)22-19-5-6-21(28)24(19,2)10-8-20(22)23;/h16-17,19-20,22,25,27H,4-15H2,1-3H3;1H/t16-,17?,19+,20+,22+,23+,24+;/m1./s1. The molecule has 4 fully saturated rings. The molecule has 0 amide bonds. The van der Waals surface area contributed by atoms with Gasteiger partial charge in [0.2, 0.25) is 0 Å². The van der Waals surface area contributed by atoms with Crippen LogP contribution >= 0.6 is 12.4 Å². The van der Waals surface area contributed by atoms with Crippen LogP contribution < -0.4 is 5.32 Å². The Morgan fingerprint density at radius 2 is 2.00 bits per heavy atom. The number of carbonyl (C=O) groups is 1. The molecule has 0 spiro atoms. The van der Waals surface area contributed by atoms with Gasteiger partial charge in [0.1, 0.15) is 12.4 Å². The molecule has 6 heteroatoms. The van der Waals surface area contributed by atoms with Crippen LogP contribution in [0.1, 0.15) is 71.6 Å². The predicted molar refractivity (Wildman–Crippen MR) is 122 cm³/mol. The van der Waals surface area contributed by atoms with E-state index in [1.807, 2.05) is 7.05 Å². The average Bonchev–Trinajstić information content (AvgIpc) is 3.02. The summed E-state index contributed by atoms with van der Waals surface area (Å²) in [5, 5.41) is 17.9. The third-order valence-electron chi connectivity index (χ3n) is 9.48. The van der Waals surface area contributed by atoms with E-state index in [0.29, 0.717) is 47.4 Å². The number of fused-ring (bicyclic) bond motifs is 5. The lowest BCUT2D eigenvalue weighted by Crippen LogP contribution is -2.57. The van der Waals surface area contributed by atoms with E-state index >= 15 is 0 Å². The second kappa shape index (κ2) is 9.46.